The standard InChI is InChI=1S/C18H25FN4S.HI/c1-5-15-10-21-17(24-15)11-22-18(20-6-2)23-13(4)14-8-7-12(3)16(19)9-14;/h7-10,13H,5-6,11H2,1-4H3,(H2,20,22,23);1H. The number of guanidine groups is 1. The molecule has 0 aliphatic carbocycles. The molecule has 0 spiro atoms. The quantitative estimate of drug-likeness (QED) is 0.365. The Morgan fingerprint density at radius 1 is 1.36 bits per heavy atom. The lowest BCUT2D eigenvalue weighted by molar-refractivity contribution is 0.607. The molecule has 0 saturated carbocycles. The molecule has 0 aliphatic rings. The van der Waals surface area contributed by atoms with Gasteiger partial charge in [-0.1, -0.05) is 19.1 Å². The Bertz CT molecular complexity index is 702. The molecule has 25 heavy (non-hydrogen) atoms. The summed E-state index contributed by atoms with van der Waals surface area (Å²) in [6, 6.07) is 5.27. The van der Waals surface area contributed by atoms with E-state index in [1.807, 2.05) is 26.1 Å². The number of hydrogen-bond acceptors (Lipinski definition) is 3. The fourth-order valence-corrected chi connectivity index (χ4v) is 3.01. The van der Waals surface area contributed by atoms with Crippen LogP contribution < -0.4 is 10.6 Å². The van der Waals surface area contributed by atoms with Gasteiger partial charge in [0.2, 0.25) is 0 Å². The summed E-state index contributed by atoms with van der Waals surface area (Å²) in [7, 11) is 0. The molecule has 1 atom stereocenters. The van der Waals surface area contributed by atoms with Crippen molar-refractivity contribution in [2.45, 2.75) is 46.7 Å². The summed E-state index contributed by atoms with van der Waals surface area (Å²) in [5, 5.41) is 7.54. The molecule has 0 amide bonds. The van der Waals surface area contributed by atoms with Gasteiger partial charge in [-0.2, -0.15) is 0 Å². The molecule has 2 N–H and O–H groups in total. The Morgan fingerprint density at radius 2 is 2.12 bits per heavy atom. The van der Waals surface area contributed by atoms with Crippen LogP contribution in [0.5, 0.6) is 0 Å². The minimum Gasteiger partial charge on any atom is -0.357 e. The van der Waals surface area contributed by atoms with Crippen molar-refractivity contribution in [3.63, 3.8) is 0 Å². The molecule has 0 aliphatic heterocycles. The Labute approximate surface area is 170 Å². The largest absolute Gasteiger partial charge is 0.357 e. The summed E-state index contributed by atoms with van der Waals surface area (Å²) >= 11 is 1.69. The van der Waals surface area contributed by atoms with E-state index in [2.05, 4.69) is 27.5 Å². The van der Waals surface area contributed by atoms with Crippen molar-refractivity contribution in [1.82, 2.24) is 15.6 Å². The van der Waals surface area contributed by atoms with E-state index in [9.17, 15) is 4.39 Å². The number of aryl methyl sites for hydroxylation is 2. The normalized spacial score (nSPS) is 12.4. The predicted octanol–water partition coefficient (Wildman–Crippen LogP) is 4.59. The highest BCUT2D eigenvalue weighted by Gasteiger charge is 2.10. The monoisotopic (exact) mass is 476 g/mol. The second kappa shape index (κ2) is 10.7. The van der Waals surface area contributed by atoms with Crippen molar-refractivity contribution in [1.29, 1.82) is 0 Å². The van der Waals surface area contributed by atoms with Gasteiger partial charge in [0.25, 0.3) is 0 Å². The van der Waals surface area contributed by atoms with Crippen LogP contribution in [0.1, 0.15) is 47.8 Å². The molecule has 0 fully saturated rings. The van der Waals surface area contributed by atoms with Crippen molar-refractivity contribution in [2.75, 3.05) is 6.54 Å². The van der Waals surface area contributed by atoms with Crippen molar-refractivity contribution < 1.29 is 4.39 Å². The fourth-order valence-electron chi connectivity index (χ4n) is 2.22. The molecular formula is C18H26FIN4S. The summed E-state index contributed by atoms with van der Waals surface area (Å²) < 4.78 is 13.7. The van der Waals surface area contributed by atoms with E-state index in [-0.39, 0.29) is 35.8 Å². The smallest absolute Gasteiger partial charge is 0.192 e. The Balaban J connectivity index is 0.00000312. The van der Waals surface area contributed by atoms with Gasteiger partial charge in [0, 0.05) is 17.6 Å². The van der Waals surface area contributed by atoms with Gasteiger partial charge in [-0.15, -0.1) is 35.3 Å². The zero-order valence-electron chi connectivity index (χ0n) is 15.1. The first-order chi connectivity index (χ1) is 11.5. The van der Waals surface area contributed by atoms with E-state index in [1.165, 1.54) is 4.88 Å². The highest BCUT2D eigenvalue weighted by Crippen LogP contribution is 2.17. The molecule has 0 bridgehead atoms. The molecule has 1 aromatic carbocycles. The number of aromatic nitrogens is 1. The van der Waals surface area contributed by atoms with E-state index in [1.54, 1.807) is 30.4 Å². The maximum Gasteiger partial charge on any atom is 0.192 e. The zero-order valence-corrected chi connectivity index (χ0v) is 18.2. The van der Waals surface area contributed by atoms with Crippen molar-refractivity contribution >= 4 is 41.3 Å². The molecule has 138 valence electrons. The molecule has 1 heterocycles. The second-order valence-corrected chi connectivity index (χ2v) is 6.84. The Kier molecular flexibility index (Phi) is 9.34. The van der Waals surface area contributed by atoms with E-state index in [0.29, 0.717) is 18.1 Å². The van der Waals surface area contributed by atoms with Crippen LogP contribution in [0.2, 0.25) is 0 Å². The van der Waals surface area contributed by atoms with Crippen LogP contribution in [0.4, 0.5) is 4.39 Å². The van der Waals surface area contributed by atoms with Gasteiger partial charge in [0.05, 0.1) is 12.6 Å². The van der Waals surface area contributed by atoms with Crippen LogP contribution in [0.15, 0.2) is 29.4 Å². The first kappa shape index (κ1) is 21.8. The van der Waals surface area contributed by atoms with Gasteiger partial charge in [0.1, 0.15) is 10.8 Å². The van der Waals surface area contributed by atoms with Crippen molar-refractivity contribution in [3.05, 3.63) is 51.2 Å². The van der Waals surface area contributed by atoms with Gasteiger partial charge >= 0.3 is 0 Å². The average Bonchev–Trinajstić information content (AvgIpc) is 3.03. The van der Waals surface area contributed by atoms with Crippen molar-refractivity contribution in [2.24, 2.45) is 4.99 Å². The number of benzene rings is 1. The number of halogens is 2. The lowest BCUT2D eigenvalue weighted by Crippen LogP contribution is -2.38. The SMILES string of the molecule is CCNC(=NCc1ncc(CC)s1)NC(C)c1ccc(C)c(F)c1.I. The predicted molar refractivity (Wildman–Crippen MR) is 114 cm³/mol. The molecule has 0 saturated heterocycles. The third-order valence-electron chi connectivity index (χ3n) is 3.72. The highest BCUT2D eigenvalue weighted by atomic mass is 127. The maximum atomic E-state index is 13.7. The molecular weight excluding hydrogens is 450 g/mol. The van der Waals surface area contributed by atoms with Gasteiger partial charge in [-0.3, -0.25) is 0 Å². The summed E-state index contributed by atoms with van der Waals surface area (Å²) in [6.07, 6.45) is 2.91. The number of nitrogens with one attached hydrogen (secondary N) is 2. The highest BCUT2D eigenvalue weighted by molar-refractivity contribution is 14.0. The first-order valence-corrected chi connectivity index (χ1v) is 9.09. The fraction of sp³-hybridized carbons (Fsp3) is 0.444. The second-order valence-electron chi connectivity index (χ2n) is 5.64. The van der Waals surface area contributed by atoms with Gasteiger partial charge < -0.3 is 10.6 Å². The van der Waals surface area contributed by atoms with E-state index in [4.69, 9.17) is 0 Å². The molecule has 4 nitrogen and oxygen atoms in total. The number of thiazole rings is 1. The third-order valence-corrected chi connectivity index (χ3v) is 4.84. The minimum absolute atomic E-state index is 0. The maximum absolute atomic E-state index is 13.7. The molecule has 7 heteroatoms. The molecule has 0 radical (unpaired) electrons. The van der Waals surface area contributed by atoms with E-state index < -0.39 is 0 Å². The van der Waals surface area contributed by atoms with Gasteiger partial charge in [0.15, 0.2) is 5.96 Å². The number of nitrogens with zero attached hydrogens (tertiary/aromatic N) is 2. The number of rotatable bonds is 6. The lowest BCUT2D eigenvalue weighted by atomic mass is 10.1. The number of aliphatic imine (C=N–C) groups is 1. The Hall–Kier alpha value is -1.22. The molecule has 1 unspecified atom stereocenters. The molecule has 2 rings (SSSR count). The summed E-state index contributed by atoms with van der Waals surface area (Å²) in [6.45, 7) is 9.20. The first-order valence-electron chi connectivity index (χ1n) is 8.28. The average molecular weight is 476 g/mol. The van der Waals surface area contributed by atoms with Crippen LogP contribution in [-0.4, -0.2) is 17.5 Å². The summed E-state index contributed by atoms with van der Waals surface area (Å²) in [4.78, 5) is 10.2. The lowest BCUT2D eigenvalue weighted by Gasteiger charge is -2.18. The van der Waals surface area contributed by atoms with Crippen LogP contribution >= 0.6 is 35.3 Å². The zero-order chi connectivity index (χ0) is 17.5. The van der Waals surface area contributed by atoms with E-state index >= 15 is 0 Å². The van der Waals surface area contributed by atoms with Crippen LogP contribution in [0, 0.1) is 12.7 Å². The minimum atomic E-state index is -0.182. The van der Waals surface area contributed by atoms with E-state index in [0.717, 1.165) is 23.5 Å². The summed E-state index contributed by atoms with van der Waals surface area (Å²) in [5.41, 5.74) is 1.55. The third kappa shape index (κ3) is 6.54. The van der Waals surface area contributed by atoms with Crippen LogP contribution in [-0.2, 0) is 13.0 Å². The molecule has 1 aromatic heterocycles. The van der Waals surface area contributed by atoms with Crippen LogP contribution in [0.25, 0.3) is 0 Å². The summed E-state index contributed by atoms with van der Waals surface area (Å²) in [5.74, 6) is 0.525. The topological polar surface area (TPSA) is 49.3 Å². The number of hydrogen-bond donors (Lipinski definition) is 2. The van der Waals surface area contributed by atoms with Gasteiger partial charge in [-0.25, -0.2) is 14.4 Å². The van der Waals surface area contributed by atoms with Crippen LogP contribution in [0.3, 0.4) is 0 Å². The molecule has 2 aromatic rings. The Morgan fingerprint density at radius 3 is 2.72 bits per heavy atom. The van der Waals surface area contributed by atoms with Gasteiger partial charge in [-0.05, 0) is 44.4 Å². The van der Waals surface area contributed by atoms with Crippen molar-refractivity contribution in [3.8, 4) is 0 Å².